The summed E-state index contributed by atoms with van der Waals surface area (Å²) in [6.07, 6.45) is 0. The number of hydrogen-bond donors (Lipinski definition) is 0. The SMILES string of the molecule is CCn1c(COc2cc(Cl)ccc2Cl)nnc1SCc1ccccc1C. The van der Waals surface area contributed by atoms with Crippen molar-refractivity contribution in [3.63, 3.8) is 0 Å². The molecular formula is C19H19Cl2N3OS. The average Bonchev–Trinajstić information content (AvgIpc) is 3.03. The van der Waals surface area contributed by atoms with E-state index in [1.54, 1.807) is 30.0 Å². The second kappa shape index (κ2) is 8.80. The fourth-order valence-corrected chi connectivity index (χ4v) is 3.93. The van der Waals surface area contributed by atoms with E-state index in [1.807, 2.05) is 0 Å². The molecule has 0 aliphatic heterocycles. The van der Waals surface area contributed by atoms with Gasteiger partial charge in [0.1, 0.15) is 12.4 Å². The molecule has 136 valence electrons. The first-order chi connectivity index (χ1) is 12.6. The van der Waals surface area contributed by atoms with Crippen molar-refractivity contribution < 1.29 is 4.74 Å². The van der Waals surface area contributed by atoms with Gasteiger partial charge in [0.05, 0.1) is 5.02 Å². The topological polar surface area (TPSA) is 39.9 Å². The Morgan fingerprint density at radius 1 is 1.12 bits per heavy atom. The molecule has 0 aliphatic rings. The fraction of sp³-hybridized carbons (Fsp3) is 0.263. The maximum absolute atomic E-state index is 6.14. The third-order valence-corrected chi connectivity index (χ3v) is 5.54. The summed E-state index contributed by atoms with van der Waals surface area (Å²) >= 11 is 13.8. The summed E-state index contributed by atoms with van der Waals surface area (Å²) in [5, 5.41) is 10.6. The lowest BCUT2D eigenvalue weighted by molar-refractivity contribution is 0.288. The summed E-state index contributed by atoms with van der Waals surface area (Å²) < 4.78 is 7.85. The third-order valence-electron chi connectivity index (χ3n) is 3.98. The molecule has 0 amide bonds. The van der Waals surface area contributed by atoms with Crippen LogP contribution >= 0.6 is 35.0 Å². The molecule has 0 aliphatic carbocycles. The number of aromatic nitrogens is 3. The standard InChI is InChI=1S/C19H19Cl2N3OS/c1-3-24-18(11-25-17-10-15(20)8-9-16(17)21)22-23-19(24)26-12-14-7-5-4-6-13(14)2/h4-10H,3,11-12H2,1-2H3. The average molecular weight is 408 g/mol. The summed E-state index contributed by atoms with van der Waals surface area (Å²) in [5.74, 6) is 2.15. The minimum Gasteiger partial charge on any atom is -0.484 e. The Morgan fingerprint density at radius 3 is 2.69 bits per heavy atom. The molecule has 3 aromatic rings. The Hall–Kier alpha value is -1.69. The normalized spacial score (nSPS) is 10.9. The molecule has 26 heavy (non-hydrogen) atoms. The number of benzene rings is 2. The molecule has 0 saturated heterocycles. The lowest BCUT2D eigenvalue weighted by Crippen LogP contribution is -2.07. The van der Waals surface area contributed by atoms with Gasteiger partial charge < -0.3 is 9.30 Å². The second-order valence-corrected chi connectivity index (χ2v) is 7.51. The lowest BCUT2D eigenvalue weighted by Gasteiger charge is -2.10. The smallest absolute Gasteiger partial charge is 0.191 e. The van der Waals surface area contributed by atoms with Crippen LogP contribution in [0.2, 0.25) is 10.0 Å². The predicted octanol–water partition coefficient (Wildman–Crippen LogP) is 5.78. The Morgan fingerprint density at radius 2 is 1.92 bits per heavy atom. The van der Waals surface area contributed by atoms with E-state index >= 15 is 0 Å². The number of halogens is 2. The molecule has 4 nitrogen and oxygen atoms in total. The summed E-state index contributed by atoms with van der Waals surface area (Å²) in [6, 6.07) is 13.5. The Balaban J connectivity index is 1.70. The first-order valence-electron chi connectivity index (χ1n) is 8.25. The highest BCUT2D eigenvalue weighted by atomic mass is 35.5. The zero-order valence-corrected chi connectivity index (χ0v) is 16.9. The van der Waals surface area contributed by atoms with Crippen molar-refractivity contribution in [3.05, 3.63) is 69.5 Å². The van der Waals surface area contributed by atoms with Crippen molar-refractivity contribution in [1.82, 2.24) is 14.8 Å². The van der Waals surface area contributed by atoms with Crippen molar-refractivity contribution in [3.8, 4) is 5.75 Å². The van der Waals surface area contributed by atoms with Gasteiger partial charge in [-0.2, -0.15) is 0 Å². The first kappa shape index (κ1) is 19.1. The van der Waals surface area contributed by atoms with E-state index in [4.69, 9.17) is 27.9 Å². The molecule has 0 spiro atoms. The number of hydrogen-bond acceptors (Lipinski definition) is 4. The van der Waals surface area contributed by atoms with Crippen molar-refractivity contribution in [2.45, 2.75) is 37.9 Å². The van der Waals surface area contributed by atoms with Crippen molar-refractivity contribution in [1.29, 1.82) is 0 Å². The van der Waals surface area contributed by atoms with E-state index in [0.29, 0.717) is 15.8 Å². The quantitative estimate of drug-likeness (QED) is 0.465. The Labute approximate surface area is 167 Å². The van der Waals surface area contributed by atoms with Crippen LogP contribution < -0.4 is 4.74 Å². The van der Waals surface area contributed by atoms with Crippen molar-refractivity contribution in [2.24, 2.45) is 0 Å². The maximum atomic E-state index is 6.14. The van der Waals surface area contributed by atoms with E-state index in [2.05, 4.69) is 52.9 Å². The molecule has 0 radical (unpaired) electrons. The molecule has 1 heterocycles. The van der Waals surface area contributed by atoms with Gasteiger partial charge in [-0.05, 0) is 37.1 Å². The molecule has 3 rings (SSSR count). The van der Waals surface area contributed by atoms with Crippen molar-refractivity contribution in [2.75, 3.05) is 0 Å². The predicted molar refractivity (Wildman–Crippen MR) is 107 cm³/mol. The largest absolute Gasteiger partial charge is 0.484 e. The molecular weight excluding hydrogens is 389 g/mol. The molecule has 0 fully saturated rings. The van der Waals surface area contributed by atoms with Crippen LogP contribution in [0.5, 0.6) is 5.75 Å². The molecule has 0 N–H and O–H groups in total. The van der Waals surface area contributed by atoms with Crippen LogP contribution in [-0.2, 0) is 18.9 Å². The minimum atomic E-state index is 0.284. The van der Waals surface area contributed by atoms with Crippen LogP contribution in [0.15, 0.2) is 47.6 Å². The summed E-state index contributed by atoms with van der Waals surface area (Å²) in [4.78, 5) is 0. The van der Waals surface area contributed by atoms with E-state index < -0.39 is 0 Å². The van der Waals surface area contributed by atoms with Gasteiger partial charge >= 0.3 is 0 Å². The van der Waals surface area contributed by atoms with Crippen LogP contribution in [0.4, 0.5) is 0 Å². The summed E-state index contributed by atoms with van der Waals surface area (Å²) in [5.41, 5.74) is 2.58. The number of rotatable bonds is 7. The molecule has 0 bridgehead atoms. The summed E-state index contributed by atoms with van der Waals surface area (Å²) in [6.45, 7) is 5.24. The maximum Gasteiger partial charge on any atom is 0.191 e. The second-order valence-electron chi connectivity index (χ2n) is 5.72. The van der Waals surface area contributed by atoms with Gasteiger partial charge in [0.15, 0.2) is 11.0 Å². The zero-order valence-electron chi connectivity index (χ0n) is 14.6. The fourth-order valence-electron chi connectivity index (χ4n) is 2.49. The zero-order chi connectivity index (χ0) is 18.5. The van der Waals surface area contributed by atoms with Crippen LogP contribution in [0.3, 0.4) is 0 Å². The van der Waals surface area contributed by atoms with E-state index in [9.17, 15) is 0 Å². The van der Waals surface area contributed by atoms with Gasteiger partial charge in [0.2, 0.25) is 0 Å². The molecule has 0 saturated carbocycles. The highest BCUT2D eigenvalue weighted by molar-refractivity contribution is 7.98. The highest BCUT2D eigenvalue weighted by Crippen LogP contribution is 2.29. The molecule has 0 atom stereocenters. The molecule has 7 heteroatoms. The van der Waals surface area contributed by atoms with Gasteiger partial charge in [-0.1, -0.05) is 59.2 Å². The van der Waals surface area contributed by atoms with Crippen LogP contribution in [0.25, 0.3) is 0 Å². The van der Waals surface area contributed by atoms with Crippen molar-refractivity contribution >= 4 is 35.0 Å². The number of ether oxygens (including phenoxy) is 1. The van der Waals surface area contributed by atoms with Crippen LogP contribution in [0.1, 0.15) is 23.9 Å². The van der Waals surface area contributed by atoms with Crippen LogP contribution in [0, 0.1) is 6.92 Å². The van der Waals surface area contributed by atoms with E-state index in [-0.39, 0.29) is 6.61 Å². The van der Waals surface area contributed by atoms with Gasteiger partial charge in [0, 0.05) is 23.4 Å². The summed E-state index contributed by atoms with van der Waals surface area (Å²) in [7, 11) is 0. The monoisotopic (exact) mass is 407 g/mol. The van der Waals surface area contributed by atoms with E-state index in [0.717, 1.165) is 23.3 Å². The van der Waals surface area contributed by atoms with Crippen LogP contribution in [-0.4, -0.2) is 14.8 Å². The van der Waals surface area contributed by atoms with Gasteiger partial charge in [-0.3, -0.25) is 0 Å². The number of aryl methyl sites for hydroxylation is 1. The van der Waals surface area contributed by atoms with Gasteiger partial charge in [0.25, 0.3) is 0 Å². The number of thioether (sulfide) groups is 1. The lowest BCUT2D eigenvalue weighted by atomic mass is 10.1. The Bertz CT molecular complexity index is 898. The number of nitrogens with zero attached hydrogens (tertiary/aromatic N) is 3. The molecule has 2 aromatic carbocycles. The van der Waals surface area contributed by atoms with Gasteiger partial charge in [-0.15, -0.1) is 10.2 Å². The first-order valence-corrected chi connectivity index (χ1v) is 10.00. The highest BCUT2D eigenvalue weighted by Gasteiger charge is 2.13. The molecule has 0 unspecified atom stereocenters. The Kier molecular flexibility index (Phi) is 6.46. The van der Waals surface area contributed by atoms with E-state index in [1.165, 1.54) is 11.1 Å². The minimum absolute atomic E-state index is 0.284. The molecule has 1 aromatic heterocycles. The third kappa shape index (κ3) is 4.53. The van der Waals surface area contributed by atoms with Gasteiger partial charge in [-0.25, -0.2) is 0 Å².